The topological polar surface area (TPSA) is 219 Å². The molecule has 1 aliphatic heterocycles. The first-order valence-electron chi connectivity index (χ1n) is 28.0. The Bertz CT molecular complexity index is 2420. The molecule has 0 saturated carbocycles. The average molecular weight is 1230 g/mol. The third-order valence-electron chi connectivity index (χ3n) is 15.6. The fraction of sp³-hybridized carbons (Fsp3) is 0.661. The molecule has 20 heteroatoms. The number of ether oxygens (including phenoxy) is 4. The van der Waals surface area contributed by atoms with Gasteiger partial charge in [0.15, 0.2) is 5.78 Å². The number of amides is 4. The van der Waals surface area contributed by atoms with Crippen molar-refractivity contribution < 1.29 is 52.8 Å². The Morgan fingerprint density at radius 1 is 0.810 bits per heavy atom. The number of hydrogen-bond donors (Lipinski definition) is 3. The predicted molar refractivity (Wildman–Crippen MR) is 313 cm³/mol. The Morgan fingerprint density at radius 3 is 2.01 bits per heavy atom. The highest BCUT2D eigenvalue weighted by Crippen LogP contribution is 2.33. The number of nitrogens with one attached hydrogen (secondary N) is 2. The molecule has 0 aliphatic carbocycles. The summed E-state index contributed by atoms with van der Waals surface area (Å²) < 4.78 is 23.3. The SMILES string of the molecule is CC[C@H](C)[C@@H]([C@@H](CC(=O)N1CCC[C@H]1[C@H](C)[C@@H](C)C(=O)N[C@@H](Cc1ccccc1)C(=O)O)OC)N(C)C(=O)[C@@H](CC(=O)[C@H](C(C)C)N(C)CCOCCOCCOCCNC(=O)c1ccc2nc(CBr)c(CBr)nc2c1)C(C)C. The molecule has 1 aliphatic rings. The van der Waals surface area contributed by atoms with E-state index < -0.39 is 42.0 Å². The van der Waals surface area contributed by atoms with Gasteiger partial charge < -0.3 is 44.5 Å². The van der Waals surface area contributed by atoms with E-state index in [2.05, 4.69) is 52.5 Å². The molecular formula is C59H89Br2N7O11. The fourth-order valence-corrected chi connectivity index (χ4v) is 11.5. The Morgan fingerprint density at radius 2 is 1.43 bits per heavy atom. The number of aliphatic carboxylic acids is 1. The van der Waals surface area contributed by atoms with Crippen molar-refractivity contribution >= 4 is 78.3 Å². The number of benzene rings is 2. The molecule has 440 valence electrons. The molecule has 9 atom stereocenters. The lowest BCUT2D eigenvalue weighted by Crippen LogP contribution is -2.54. The van der Waals surface area contributed by atoms with Gasteiger partial charge in [-0.1, -0.05) is 124 Å². The quantitative estimate of drug-likeness (QED) is 0.0375. The third-order valence-corrected chi connectivity index (χ3v) is 16.6. The van der Waals surface area contributed by atoms with Gasteiger partial charge in [0.05, 0.1) is 86.7 Å². The van der Waals surface area contributed by atoms with E-state index in [4.69, 9.17) is 18.9 Å². The summed E-state index contributed by atoms with van der Waals surface area (Å²) >= 11 is 6.90. The van der Waals surface area contributed by atoms with Crippen LogP contribution >= 0.6 is 31.9 Å². The van der Waals surface area contributed by atoms with E-state index in [0.29, 0.717) is 93.9 Å². The number of carbonyl (C=O) groups is 6. The number of alkyl halides is 2. The number of ketones is 1. The predicted octanol–water partition coefficient (Wildman–Crippen LogP) is 7.74. The number of likely N-dealkylation sites (tertiary alicyclic amines) is 1. The summed E-state index contributed by atoms with van der Waals surface area (Å²) in [5.74, 6) is -3.72. The Hall–Kier alpha value is -4.44. The second-order valence-corrected chi connectivity index (χ2v) is 22.8. The molecule has 79 heavy (non-hydrogen) atoms. The van der Waals surface area contributed by atoms with Crippen LogP contribution in [0.25, 0.3) is 11.0 Å². The van der Waals surface area contributed by atoms with Gasteiger partial charge in [-0.15, -0.1) is 0 Å². The van der Waals surface area contributed by atoms with Crippen LogP contribution in [0.5, 0.6) is 0 Å². The van der Waals surface area contributed by atoms with E-state index in [0.717, 1.165) is 28.9 Å². The monoisotopic (exact) mass is 1230 g/mol. The summed E-state index contributed by atoms with van der Waals surface area (Å²) in [6.07, 6.45) is 1.76. The van der Waals surface area contributed by atoms with Gasteiger partial charge in [0.2, 0.25) is 17.7 Å². The van der Waals surface area contributed by atoms with E-state index >= 15 is 0 Å². The van der Waals surface area contributed by atoms with Crippen molar-refractivity contribution in [2.24, 2.45) is 35.5 Å². The number of carboxylic acid groups (broad SMARTS) is 1. The Balaban J connectivity index is 1.23. The second-order valence-electron chi connectivity index (χ2n) is 21.7. The van der Waals surface area contributed by atoms with Gasteiger partial charge >= 0.3 is 5.97 Å². The zero-order valence-electron chi connectivity index (χ0n) is 48.5. The van der Waals surface area contributed by atoms with Gasteiger partial charge in [0.25, 0.3) is 5.91 Å². The molecule has 3 N–H and O–H groups in total. The van der Waals surface area contributed by atoms with Crippen LogP contribution < -0.4 is 10.6 Å². The van der Waals surface area contributed by atoms with Crippen molar-refractivity contribution in [3.63, 3.8) is 0 Å². The molecule has 0 radical (unpaired) electrons. The first kappa shape index (κ1) is 67.1. The number of hydrogen-bond acceptors (Lipinski definition) is 13. The number of carboxylic acids is 1. The number of halogens is 2. The van der Waals surface area contributed by atoms with Crippen LogP contribution in [0.1, 0.15) is 115 Å². The molecule has 0 unspecified atom stereocenters. The Labute approximate surface area is 485 Å². The van der Waals surface area contributed by atoms with Crippen LogP contribution in [0.4, 0.5) is 0 Å². The number of likely N-dealkylation sites (N-methyl/N-ethyl adjacent to an activating group) is 2. The van der Waals surface area contributed by atoms with Crippen molar-refractivity contribution in [2.75, 3.05) is 80.5 Å². The van der Waals surface area contributed by atoms with Crippen LogP contribution in [0, 0.1) is 35.5 Å². The van der Waals surface area contributed by atoms with Crippen molar-refractivity contribution in [2.45, 2.75) is 135 Å². The Kier molecular flexibility index (Phi) is 29.0. The van der Waals surface area contributed by atoms with Crippen molar-refractivity contribution in [3.8, 4) is 0 Å². The number of fused-ring (bicyclic) bond motifs is 1. The van der Waals surface area contributed by atoms with E-state index in [-0.39, 0.29) is 78.4 Å². The molecule has 1 saturated heterocycles. The summed E-state index contributed by atoms with van der Waals surface area (Å²) in [6.45, 7) is 19.2. The lowest BCUT2D eigenvalue weighted by molar-refractivity contribution is -0.148. The highest BCUT2D eigenvalue weighted by atomic mass is 79.9. The van der Waals surface area contributed by atoms with Crippen LogP contribution in [0.3, 0.4) is 0 Å². The molecular weight excluding hydrogens is 1140 g/mol. The van der Waals surface area contributed by atoms with Crippen LogP contribution in [0.2, 0.25) is 0 Å². The lowest BCUT2D eigenvalue weighted by atomic mass is 9.83. The number of aromatic nitrogens is 2. The van der Waals surface area contributed by atoms with E-state index in [1.54, 1.807) is 44.2 Å². The van der Waals surface area contributed by atoms with Gasteiger partial charge in [-0.05, 0) is 67.3 Å². The maximum Gasteiger partial charge on any atom is 0.326 e. The molecule has 4 rings (SSSR count). The van der Waals surface area contributed by atoms with Crippen molar-refractivity contribution in [1.29, 1.82) is 0 Å². The van der Waals surface area contributed by atoms with E-state index in [1.165, 1.54) is 0 Å². The van der Waals surface area contributed by atoms with Crippen LogP contribution in [-0.2, 0) is 60.0 Å². The molecule has 0 bridgehead atoms. The molecule has 0 spiro atoms. The number of nitrogens with zero attached hydrogens (tertiary/aromatic N) is 5. The smallest absolute Gasteiger partial charge is 0.326 e. The second kappa shape index (κ2) is 34.1. The summed E-state index contributed by atoms with van der Waals surface area (Å²) in [5, 5.41) is 16.7. The highest BCUT2D eigenvalue weighted by Gasteiger charge is 2.42. The van der Waals surface area contributed by atoms with Crippen LogP contribution in [0.15, 0.2) is 48.5 Å². The number of methoxy groups -OCH3 is 1. The average Bonchev–Trinajstić information content (AvgIpc) is 3.95. The van der Waals surface area contributed by atoms with Crippen molar-refractivity contribution in [3.05, 3.63) is 71.0 Å². The van der Waals surface area contributed by atoms with Gasteiger partial charge in [-0.2, -0.15) is 0 Å². The molecule has 4 amide bonds. The van der Waals surface area contributed by atoms with Gasteiger partial charge in [-0.25, -0.2) is 14.8 Å². The third kappa shape index (κ3) is 19.9. The summed E-state index contributed by atoms with van der Waals surface area (Å²) in [7, 11) is 5.22. The summed E-state index contributed by atoms with van der Waals surface area (Å²) in [6, 6.07) is 12.2. The van der Waals surface area contributed by atoms with E-state index in [9.17, 15) is 33.9 Å². The minimum absolute atomic E-state index is 0.0188. The molecule has 1 fully saturated rings. The molecule has 18 nitrogen and oxygen atoms in total. The molecule has 3 aromatic rings. The van der Waals surface area contributed by atoms with Crippen LogP contribution in [-0.4, -0.2) is 176 Å². The first-order valence-corrected chi connectivity index (χ1v) is 30.2. The standard InChI is InChI=1S/C59H89Br2N7O11/c1-12-39(6)55(52(76-11)34-53(70)68-23-16-19-50(68)40(7)41(8)56(71)65-47(59(74)75)31-42-17-14-13-15-18-42)67(10)58(73)44(37(2)3)33-51(69)54(38(4)5)66(9)24-26-78-28-30-79-29-27-77-25-22-62-57(72)43-20-21-45-46(32-43)64-49(36-61)48(35-60)63-45/h13-15,17-18,20-21,32,37-41,44,47,50,52,54-55H,12,16,19,22-31,33-36H2,1-11H3,(H,62,72)(H,65,71)(H,74,75)/t39-,40+,41+,44-,47-,50-,52+,54-,55-/m0/s1. The normalized spacial score (nSPS) is 16.8. The lowest BCUT2D eigenvalue weighted by Gasteiger charge is -2.41. The van der Waals surface area contributed by atoms with Gasteiger partial charge in [-0.3, -0.25) is 28.9 Å². The molecule has 2 heterocycles. The zero-order valence-corrected chi connectivity index (χ0v) is 51.7. The maximum atomic E-state index is 14.7. The zero-order chi connectivity index (χ0) is 58.3. The minimum atomic E-state index is -1.11. The number of carbonyl (C=O) groups excluding carboxylic acids is 5. The highest BCUT2D eigenvalue weighted by molar-refractivity contribution is 9.09. The summed E-state index contributed by atoms with van der Waals surface area (Å²) in [5.41, 5.74) is 4.35. The fourth-order valence-electron chi connectivity index (χ4n) is 10.6. The van der Waals surface area contributed by atoms with Gasteiger partial charge in [0.1, 0.15) is 6.04 Å². The first-order chi connectivity index (χ1) is 37.7. The van der Waals surface area contributed by atoms with Crippen molar-refractivity contribution in [1.82, 2.24) is 35.3 Å². The largest absolute Gasteiger partial charge is 0.480 e. The molecule has 1 aromatic heterocycles. The maximum absolute atomic E-state index is 14.7. The minimum Gasteiger partial charge on any atom is -0.480 e. The summed E-state index contributed by atoms with van der Waals surface area (Å²) in [4.78, 5) is 96.7. The number of rotatable bonds is 36. The number of Topliss-reactive ketones (excluding diaryl/α,β-unsaturated/α-hetero) is 1. The van der Waals surface area contributed by atoms with E-state index in [1.807, 2.05) is 95.6 Å². The molecule has 2 aromatic carbocycles. The van der Waals surface area contributed by atoms with Gasteiger partial charge in [0, 0.05) is 80.7 Å².